The summed E-state index contributed by atoms with van der Waals surface area (Å²) >= 11 is 1.21. The first kappa shape index (κ1) is 9.58. The fourth-order valence-corrected chi connectivity index (χ4v) is 1.91. The van der Waals surface area contributed by atoms with E-state index in [0.29, 0.717) is 10.9 Å². The Morgan fingerprint density at radius 3 is 2.71 bits per heavy atom. The van der Waals surface area contributed by atoms with E-state index in [1.54, 1.807) is 13.8 Å². The molecule has 5 heteroatoms. The van der Waals surface area contributed by atoms with Gasteiger partial charge in [0.2, 0.25) is 0 Å². The van der Waals surface area contributed by atoms with Crippen LogP contribution < -0.4 is 0 Å². The lowest BCUT2D eigenvalue weighted by atomic mass is 9.95. The van der Waals surface area contributed by atoms with Gasteiger partial charge in [0.25, 0.3) is 0 Å². The molecule has 0 radical (unpaired) electrons. The molecule has 1 heterocycles. The number of hydrogen-bond acceptors (Lipinski definition) is 4. The lowest BCUT2D eigenvalue weighted by Crippen LogP contribution is -2.28. The van der Waals surface area contributed by atoms with Gasteiger partial charge in [-0.3, -0.25) is 4.79 Å². The van der Waals surface area contributed by atoms with E-state index in [1.807, 2.05) is 0 Å². The van der Waals surface area contributed by atoms with Crippen LogP contribution in [0.5, 0.6) is 0 Å². The van der Waals surface area contributed by atoms with Crippen LogP contribution in [0.4, 0.5) is 0 Å². The van der Waals surface area contributed by atoms with Gasteiger partial charge in [-0.2, -0.15) is 4.37 Å². The Bertz CT molecular complexity index is 369. The van der Waals surface area contributed by atoms with E-state index in [1.165, 1.54) is 11.5 Å². The van der Waals surface area contributed by atoms with Gasteiger partial charge in [-0.15, -0.1) is 0 Å². The van der Waals surface area contributed by atoms with Crippen LogP contribution in [-0.4, -0.2) is 20.4 Å². The van der Waals surface area contributed by atoms with Gasteiger partial charge in [0.05, 0.1) is 0 Å². The minimum Gasteiger partial charge on any atom is -0.481 e. The zero-order valence-electron chi connectivity index (χ0n) is 8.15. The van der Waals surface area contributed by atoms with Gasteiger partial charge < -0.3 is 5.11 Å². The quantitative estimate of drug-likeness (QED) is 0.829. The Balaban J connectivity index is 2.27. The van der Waals surface area contributed by atoms with E-state index in [4.69, 9.17) is 5.11 Å². The first-order chi connectivity index (χ1) is 6.51. The van der Waals surface area contributed by atoms with E-state index in [0.717, 1.165) is 18.7 Å². The van der Waals surface area contributed by atoms with Crippen molar-refractivity contribution in [2.24, 2.45) is 0 Å². The van der Waals surface area contributed by atoms with Crippen molar-refractivity contribution in [2.75, 3.05) is 0 Å². The summed E-state index contributed by atoms with van der Waals surface area (Å²) in [5.41, 5.74) is -0.912. The van der Waals surface area contributed by atoms with Crippen LogP contribution in [0.1, 0.15) is 43.4 Å². The Kier molecular flexibility index (Phi) is 2.06. The predicted molar refractivity (Wildman–Crippen MR) is 52.5 cm³/mol. The molecule has 1 aliphatic carbocycles. The molecule has 0 unspecified atom stereocenters. The van der Waals surface area contributed by atoms with Crippen molar-refractivity contribution in [2.45, 2.75) is 38.0 Å². The first-order valence-electron chi connectivity index (χ1n) is 4.59. The van der Waals surface area contributed by atoms with E-state index in [-0.39, 0.29) is 0 Å². The second kappa shape index (κ2) is 3.02. The third-order valence-electron chi connectivity index (χ3n) is 2.45. The number of aromatic nitrogens is 2. The molecular weight excluding hydrogens is 200 g/mol. The molecular formula is C9H12N2O2S. The summed E-state index contributed by atoms with van der Waals surface area (Å²) in [6.45, 7) is 3.32. The van der Waals surface area contributed by atoms with Crippen molar-refractivity contribution in [1.29, 1.82) is 0 Å². The molecule has 0 amide bonds. The van der Waals surface area contributed by atoms with Crippen LogP contribution >= 0.6 is 11.5 Å². The molecule has 0 aromatic carbocycles. The van der Waals surface area contributed by atoms with Gasteiger partial charge in [0, 0.05) is 5.92 Å². The Morgan fingerprint density at radius 2 is 2.21 bits per heavy atom. The molecule has 14 heavy (non-hydrogen) atoms. The molecule has 76 valence electrons. The normalized spacial score (nSPS) is 17.0. The van der Waals surface area contributed by atoms with Crippen molar-refractivity contribution >= 4 is 17.5 Å². The van der Waals surface area contributed by atoms with Crippen molar-refractivity contribution in [3.8, 4) is 0 Å². The summed E-state index contributed by atoms with van der Waals surface area (Å²) in [6, 6.07) is 0. The number of hydrogen-bond donors (Lipinski definition) is 1. The summed E-state index contributed by atoms with van der Waals surface area (Å²) in [5.74, 6) is 0.472. The smallest absolute Gasteiger partial charge is 0.316 e. The Morgan fingerprint density at radius 1 is 1.57 bits per heavy atom. The molecule has 1 saturated carbocycles. The molecule has 1 aliphatic rings. The van der Waals surface area contributed by atoms with Gasteiger partial charge in [-0.1, -0.05) is 0 Å². The molecule has 4 nitrogen and oxygen atoms in total. The number of aliphatic carboxylic acids is 1. The number of carboxylic acid groups (broad SMARTS) is 1. The molecule has 1 aromatic heterocycles. The van der Waals surface area contributed by atoms with Crippen molar-refractivity contribution in [3.63, 3.8) is 0 Å². The van der Waals surface area contributed by atoms with Crippen LogP contribution in [0.25, 0.3) is 0 Å². The molecule has 2 rings (SSSR count). The van der Waals surface area contributed by atoms with E-state index in [9.17, 15) is 4.79 Å². The highest BCUT2D eigenvalue weighted by atomic mass is 32.1. The average Bonchev–Trinajstić information content (AvgIpc) is 2.83. The molecule has 0 aliphatic heterocycles. The second-order valence-electron chi connectivity index (χ2n) is 4.16. The van der Waals surface area contributed by atoms with Crippen molar-refractivity contribution in [3.05, 3.63) is 10.8 Å². The number of carbonyl (C=O) groups is 1. The van der Waals surface area contributed by atoms with E-state index < -0.39 is 11.4 Å². The van der Waals surface area contributed by atoms with Gasteiger partial charge >= 0.3 is 5.97 Å². The van der Waals surface area contributed by atoms with Gasteiger partial charge in [0.15, 0.2) is 0 Å². The number of rotatable bonds is 3. The zero-order valence-corrected chi connectivity index (χ0v) is 8.97. The zero-order chi connectivity index (χ0) is 10.3. The fourth-order valence-electron chi connectivity index (χ4n) is 1.09. The van der Waals surface area contributed by atoms with Crippen LogP contribution in [0, 0.1) is 0 Å². The topological polar surface area (TPSA) is 63.1 Å². The van der Waals surface area contributed by atoms with Crippen molar-refractivity contribution < 1.29 is 9.90 Å². The summed E-state index contributed by atoms with van der Waals surface area (Å²) in [5, 5.41) is 9.60. The molecule has 1 fully saturated rings. The largest absolute Gasteiger partial charge is 0.481 e. The maximum absolute atomic E-state index is 11.0. The highest BCUT2D eigenvalue weighted by molar-refractivity contribution is 7.05. The van der Waals surface area contributed by atoms with Crippen LogP contribution in [-0.2, 0) is 10.2 Å². The molecule has 1 N–H and O–H groups in total. The van der Waals surface area contributed by atoms with Crippen molar-refractivity contribution in [1.82, 2.24) is 9.36 Å². The van der Waals surface area contributed by atoms with E-state index >= 15 is 0 Å². The van der Waals surface area contributed by atoms with Crippen LogP contribution in [0.3, 0.4) is 0 Å². The van der Waals surface area contributed by atoms with Crippen LogP contribution in [0.2, 0.25) is 0 Å². The standard InChI is InChI=1S/C9H12N2O2S/c1-9(2,8(12)13)7-10-6(11-14-7)5-3-4-5/h5H,3-4H2,1-2H3,(H,12,13). The summed E-state index contributed by atoms with van der Waals surface area (Å²) in [6.07, 6.45) is 2.29. The maximum atomic E-state index is 11.0. The Hall–Kier alpha value is -0.970. The average molecular weight is 212 g/mol. The van der Waals surface area contributed by atoms with Crippen LogP contribution in [0.15, 0.2) is 0 Å². The lowest BCUT2D eigenvalue weighted by molar-refractivity contribution is -0.142. The third-order valence-corrected chi connectivity index (χ3v) is 3.51. The van der Waals surface area contributed by atoms with Gasteiger partial charge in [-0.05, 0) is 38.2 Å². The summed E-state index contributed by atoms with van der Waals surface area (Å²) < 4.78 is 4.19. The molecule has 0 bridgehead atoms. The molecule has 0 saturated heterocycles. The second-order valence-corrected chi connectivity index (χ2v) is 4.91. The maximum Gasteiger partial charge on any atom is 0.316 e. The molecule has 1 aromatic rings. The van der Waals surface area contributed by atoms with Gasteiger partial charge in [0.1, 0.15) is 16.2 Å². The Labute approximate surface area is 86.2 Å². The SMILES string of the molecule is CC(C)(C(=O)O)c1nc(C2CC2)ns1. The predicted octanol–water partition coefficient (Wildman–Crippen LogP) is 1.78. The number of nitrogens with zero attached hydrogens (tertiary/aromatic N) is 2. The molecule has 0 atom stereocenters. The minimum absolute atomic E-state index is 0.490. The van der Waals surface area contributed by atoms with Gasteiger partial charge in [-0.25, -0.2) is 4.98 Å². The first-order valence-corrected chi connectivity index (χ1v) is 5.36. The third kappa shape index (κ3) is 1.52. The summed E-state index contributed by atoms with van der Waals surface area (Å²) in [7, 11) is 0. The monoisotopic (exact) mass is 212 g/mol. The number of carboxylic acids is 1. The minimum atomic E-state index is -0.912. The summed E-state index contributed by atoms with van der Waals surface area (Å²) in [4.78, 5) is 15.2. The highest BCUT2D eigenvalue weighted by Gasteiger charge is 2.36. The highest BCUT2D eigenvalue weighted by Crippen LogP contribution is 2.39. The van der Waals surface area contributed by atoms with E-state index in [2.05, 4.69) is 9.36 Å². The lowest BCUT2D eigenvalue weighted by Gasteiger charge is -2.14. The molecule has 0 spiro atoms. The fraction of sp³-hybridized carbons (Fsp3) is 0.667.